The van der Waals surface area contributed by atoms with Crippen molar-refractivity contribution in [3.8, 4) is 0 Å². The van der Waals surface area contributed by atoms with Crippen molar-refractivity contribution >= 4 is 0 Å². The Hall–Kier alpha value is -0.960. The molecule has 4 N–H and O–H groups in total. The molecule has 0 radical (unpaired) electrons. The third kappa shape index (κ3) is 1.72. The molecule has 0 aliphatic heterocycles. The topological polar surface area (TPSA) is 66.5 Å². The van der Waals surface area contributed by atoms with Crippen LogP contribution in [0.3, 0.4) is 0 Å². The Morgan fingerprint density at radius 3 is 2.77 bits per heavy atom. The molecule has 4 aliphatic rings. The molecule has 3 nitrogen and oxygen atoms in total. The molecule has 0 aromatic heterocycles. The molecule has 2 fully saturated rings. The number of aliphatic hydroxyl groups is 2. The average Bonchev–Trinajstić information content (AvgIpc) is 2.77. The van der Waals surface area contributed by atoms with Gasteiger partial charge in [0, 0.05) is 17.5 Å². The zero-order valence-electron chi connectivity index (χ0n) is 13.8. The highest BCUT2D eigenvalue weighted by molar-refractivity contribution is 5.24. The highest BCUT2D eigenvalue weighted by Gasteiger charge is 2.60. The summed E-state index contributed by atoms with van der Waals surface area (Å²) >= 11 is 0. The molecular formula is C19H29NO2. The first-order valence-electron chi connectivity index (χ1n) is 8.90. The Balaban J connectivity index is 1.71. The lowest BCUT2D eigenvalue weighted by atomic mass is 9.45. The number of allylic oxidation sites excluding steroid dienone is 4. The summed E-state index contributed by atoms with van der Waals surface area (Å²) in [6.07, 6.45) is 9.98. The van der Waals surface area contributed by atoms with Crippen molar-refractivity contribution in [1.29, 1.82) is 0 Å². The summed E-state index contributed by atoms with van der Waals surface area (Å²) in [5.41, 5.74) is 7.69. The van der Waals surface area contributed by atoms with Gasteiger partial charge in [-0.05, 0) is 67.3 Å². The van der Waals surface area contributed by atoms with Gasteiger partial charge in [0.2, 0.25) is 0 Å². The van der Waals surface area contributed by atoms with Crippen molar-refractivity contribution in [2.45, 2.75) is 58.5 Å². The Kier molecular flexibility index (Phi) is 3.01. The van der Waals surface area contributed by atoms with E-state index in [0.717, 1.165) is 44.2 Å². The lowest BCUT2D eigenvalue weighted by Crippen LogP contribution is -2.57. The van der Waals surface area contributed by atoms with E-state index >= 15 is 0 Å². The van der Waals surface area contributed by atoms with E-state index in [9.17, 15) is 10.2 Å². The first-order chi connectivity index (χ1) is 10.4. The second-order valence-corrected chi connectivity index (χ2v) is 8.72. The minimum absolute atomic E-state index is 0.0952. The van der Waals surface area contributed by atoms with E-state index in [4.69, 9.17) is 5.73 Å². The molecule has 4 rings (SSSR count). The highest BCUT2D eigenvalue weighted by atomic mass is 16.3. The molecule has 0 bridgehead atoms. The van der Waals surface area contributed by atoms with Gasteiger partial charge in [-0.15, -0.1) is 0 Å². The van der Waals surface area contributed by atoms with Crippen LogP contribution in [0.25, 0.3) is 0 Å². The molecule has 22 heavy (non-hydrogen) atoms. The summed E-state index contributed by atoms with van der Waals surface area (Å²) in [6.45, 7) is 4.71. The fraction of sp³-hybridized carbons (Fsp3) is 0.789. The van der Waals surface area contributed by atoms with Crippen LogP contribution in [0, 0.1) is 34.5 Å². The van der Waals surface area contributed by atoms with Gasteiger partial charge in [0.25, 0.3) is 0 Å². The quantitative estimate of drug-likeness (QED) is 0.641. The molecule has 0 saturated heterocycles. The molecule has 0 heterocycles. The van der Waals surface area contributed by atoms with E-state index in [-0.39, 0.29) is 16.9 Å². The van der Waals surface area contributed by atoms with Crippen LogP contribution in [0.1, 0.15) is 52.4 Å². The standard InChI is InChI=1S/C19H29NO2/c1-18-7-5-12(21)9-11(18)10-15(22)17-13-3-4-16(20)19(13,2)8-6-14(17)18/h4,9,11,13-15,17,21-22H,3,5-8,10,20H2,1-2H3/t11?,13-,14+,15?,17-,18-,19-/m0/s1. The lowest BCUT2D eigenvalue weighted by Gasteiger charge is -2.60. The summed E-state index contributed by atoms with van der Waals surface area (Å²) in [6, 6.07) is 0. The molecule has 2 saturated carbocycles. The third-order valence-corrected chi connectivity index (χ3v) is 7.92. The highest BCUT2D eigenvalue weighted by Crippen LogP contribution is 2.65. The largest absolute Gasteiger partial charge is 0.513 e. The van der Waals surface area contributed by atoms with Crippen molar-refractivity contribution in [2.75, 3.05) is 0 Å². The number of rotatable bonds is 0. The fourth-order valence-corrected chi connectivity index (χ4v) is 6.41. The Bertz CT molecular complexity index is 554. The second-order valence-electron chi connectivity index (χ2n) is 8.72. The fourth-order valence-electron chi connectivity index (χ4n) is 6.41. The van der Waals surface area contributed by atoms with Crippen LogP contribution in [0.4, 0.5) is 0 Å². The van der Waals surface area contributed by atoms with E-state index in [0.29, 0.717) is 29.4 Å². The summed E-state index contributed by atoms with van der Waals surface area (Å²) < 4.78 is 0. The maximum Gasteiger partial charge on any atom is 0.0886 e. The monoisotopic (exact) mass is 303 g/mol. The van der Waals surface area contributed by atoms with Crippen LogP contribution in [-0.2, 0) is 0 Å². The normalized spacial score (nSPS) is 53.9. The predicted molar refractivity (Wildman–Crippen MR) is 86.9 cm³/mol. The summed E-state index contributed by atoms with van der Waals surface area (Å²) in [4.78, 5) is 0. The zero-order chi connectivity index (χ0) is 15.7. The Morgan fingerprint density at radius 1 is 1.23 bits per heavy atom. The van der Waals surface area contributed by atoms with E-state index < -0.39 is 0 Å². The number of aliphatic hydroxyl groups excluding tert-OH is 2. The zero-order valence-corrected chi connectivity index (χ0v) is 13.8. The van der Waals surface area contributed by atoms with Crippen LogP contribution >= 0.6 is 0 Å². The van der Waals surface area contributed by atoms with Gasteiger partial charge in [-0.1, -0.05) is 19.9 Å². The molecule has 0 amide bonds. The lowest BCUT2D eigenvalue weighted by molar-refractivity contribution is -0.139. The first-order valence-corrected chi connectivity index (χ1v) is 8.90. The van der Waals surface area contributed by atoms with Gasteiger partial charge in [0.05, 0.1) is 11.9 Å². The number of hydrogen-bond acceptors (Lipinski definition) is 3. The molecule has 0 aromatic rings. The summed E-state index contributed by atoms with van der Waals surface area (Å²) in [7, 11) is 0. The maximum absolute atomic E-state index is 10.9. The van der Waals surface area contributed by atoms with Gasteiger partial charge in [-0.2, -0.15) is 0 Å². The molecule has 7 atom stereocenters. The molecule has 2 unspecified atom stereocenters. The smallest absolute Gasteiger partial charge is 0.0886 e. The first kappa shape index (κ1) is 14.6. The minimum Gasteiger partial charge on any atom is -0.513 e. The van der Waals surface area contributed by atoms with Crippen molar-refractivity contribution in [1.82, 2.24) is 0 Å². The van der Waals surface area contributed by atoms with Gasteiger partial charge in [0.1, 0.15) is 0 Å². The summed E-state index contributed by atoms with van der Waals surface area (Å²) in [5, 5.41) is 20.8. The van der Waals surface area contributed by atoms with Gasteiger partial charge in [-0.3, -0.25) is 0 Å². The van der Waals surface area contributed by atoms with Crippen LogP contribution in [-0.4, -0.2) is 16.3 Å². The molecule has 4 aliphatic carbocycles. The van der Waals surface area contributed by atoms with E-state index in [2.05, 4.69) is 19.9 Å². The molecule has 0 aromatic carbocycles. The SMILES string of the molecule is C[C@]12CCC(O)=CC1CC(O)[C@@H]1[C@H]2CC[C@]2(C)C(N)=CC[C@@H]12. The molecular weight excluding hydrogens is 274 g/mol. The number of hydrogen-bond donors (Lipinski definition) is 3. The van der Waals surface area contributed by atoms with Crippen LogP contribution in [0.2, 0.25) is 0 Å². The van der Waals surface area contributed by atoms with Crippen LogP contribution < -0.4 is 5.73 Å². The van der Waals surface area contributed by atoms with Gasteiger partial charge in [0.15, 0.2) is 0 Å². The minimum atomic E-state index is -0.255. The van der Waals surface area contributed by atoms with E-state index in [1.165, 1.54) is 0 Å². The molecule has 0 spiro atoms. The second kappa shape index (κ2) is 4.53. The van der Waals surface area contributed by atoms with Gasteiger partial charge in [-0.25, -0.2) is 0 Å². The van der Waals surface area contributed by atoms with Gasteiger partial charge >= 0.3 is 0 Å². The molecule has 3 heteroatoms. The summed E-state index contributed by atoms with van der Waals surface area (Å²) in [5.74, 6) is 2.28. The molecule has 122 valence electrons. The van der Waals surface area contributed by atoms with Gasteiger partial charge < -0.3 is 15.9 Å². The number of fused-ring (bicyclic) bond motifs is 5. The van der Waals surface area contributed by atoms with E-state index in [1.807, 2.05) is 6.08 Å². The Morgan fingerprint density at radius 2 is 2.00 bits per heavy atom. The van der Waals surface area contributed by atoms with Crippen molar-refractivity contribution in [2.24, 2.45) is 40.2 Å². The van der Waals surface area contributed by atoms with Crippen molar-refractivity contribution in [3.05, 3.63) is 23.6 Å². The number of nitrogens with two attached hydrogens (primary N) is 1. The average molecular weight is 303 g/mol. The maximum atomic E-state index is 10.9. The predicted octanol–water partition coefficient (Wildman–Crippen LogP) is 3.50. The van der Waals surface area contributed by atoms with E-state index in [1.54, 1.807) is 0 Å². The van der Waals surface area contributed by atoms with Crippen LogP contribution in [0.15, 0.2) is 23.6 Å². The van der Waals surface area contributed by atoms with Crippen molar-refractivity contribution in [3.63, 3.8) is 0 Å². The third-order valence-electron chi connectivity index (χ3n) is 7.92. The van der Waals surface area contributed by atoms with Crippen molar-refractivity contribution < 1.29 is 10.2 Å². The van der Waals surface area contributed by atoms with Crippen LogP contribution in [0.5, 0.6) is 0 Å². The Labute approximate surface area is 133 Å².